The molecule has 1 aliphatic rings. The van der Waals surface area contributed by atoms with Crippen molar-refractivity contribution in [1.82, 2.24) is 19.3 Å². The maximum Gasteiger partial charge on any atom is 0.140 e. The molecule has 0 amide bonds. The predicted octanol–water partition coefficient (Wildman–Crippen LogP) is 3.52. The van der Waals surface area contributed by atoms with Crippen LogP contribution in [-0.2, 0) is 6.54 Å². The highest BCUT2D eigenvalue weighted by molar-refractivity contribution is 5.57. The molecule has 0 bridgehead atoms. The van der Waals surface area contributed by atoms with Crippen LogP contribution in [0, 0.1) is 5.92 Å². The van der Waals surface area contributed by atoms with Gasteiger partial charge < -0.3 is 9.67 Å². The maximum atomic E-state index is 9.52. The van der Waals surface area contributed by atoms with Gasteiger partial charge in [-0.05, 0) is 42.9 Å². The van der Waals surface area contributed by atoms with Gasteiger partial charge in [-0.15, -0.1) is 0 Å². The minimum absolute atomic E-state index is 0.292. The van der Waals surface area contributed by atoms with E-state index in [-0.39, 0.29) is 0 Å². The number of rotatable bonds is 5. The van der Waals surface area contributed by atoms with E-state index >= 15 is 0 Å². The Bertz CT molecular complexity index is 809. The van der Waals surface area contributed by atoms with Crippen LogP contribution >= 0.6 is 0 Å². The molecule has 0 saturated heterocycles. The molecule has 2 aromatic heterocycles. The summed E-state index contributed by atoms with van der Waals surface area (Å²) in [5, 5.41) is 13.8. The third-order valence-corrected chi connectivity index (χ3v) is 5.16. The molecule has 0 aliphatic heterocycles. The first kappa shape index (κ1) is 16.1. The Morgan fingerprint density at radius 1 is 1.12 bits per heavy atom. The fraction of sp³-hybridized carbons (Fsp3) is 0.400. The van der Waals surface area contributed by atoms with Crippen molar-refractivity contribution in [1.29, 1.82) is 0 Å². The first-order chi connectivity index (χ1) is 12.3. The normalized spacial score (nSPS) is 20.7. The molecule has 5 heteroatoms. The average Bonchev–Trinajstić information content (AvgIpc) is 3.34. The van der Waals surface area contributed by atoms with Crippen molar-refractivity contribution >= 4 is 0 Å². The van der Waals surface area contributed by atoms with Crippen molar-refractivity contribution < 1.29 is 5.11 Å². The van der Waals surface area contributed by atoms with E-state index in [1.807, 2.05) is 23.1 Å². The third-order valence-electron chi connectivity index (χ3n) is 5.16. The summed E-state index contributed by atoms with van der Waals surface area (Å²) in [4.78, 5) is 4.63. The summed E-state index contributed by atoms with van der Waals surface area (Å²) in [6.07, 6.45) is 12.3. The second-order valence-electron chi connectivity index (χ2n) is 6.93. The molecule has 0 spiro atoms. The first-order valence-corrected chi connectivity index (χ1v) is 9.04. The van der Waals surface area contributed by atoms with Gasteiger partial charge in [-0.2, -0.15) is 5.10 Å². The van der Waals surface area contributed by atoms with Crippen LogP contribution in [0.3, 0.4) is 0 Å². The number of aromatic nitrogens is 4. The maximum absolute atomic E-state index is 9.52. The van der Waals surface area contributed by atoms with Crippen LogP contribution in [-0.4, -0.2) is 31.0 Å². The van der Waals surface area contributed by atoms with Crippen molar-refractivity contribution in [3.63, 3.8) is 0 Å². The molecule has 3 aromatic rings. The molecule has 0 unspecified atom stereocenters. The summed E-state index contributed by atoms with van der Waals surface area (Å²) < 4.78 is 4.23. The zero-order chi connectivity index (χ0) is 17.1. The van der Waals surface area contributed by atoms with Gasteiger partial charge in [0.25, 0.3) is 0 Å². The minimum Gasteiger partial charge on any atom is -0.396 e. The first-order valence-electron chi connectivity index (χ1n) is 9.04. The number of aliphatic hydroxyl groups is 1. The monoisotopic (exact) mass is 336 g/mol. The Morgan fingerprint density at radius 3 is 2.92 bits per heavy atom. The van der Waals surface area contributed by atoms with Crippen LogP contribution < -0.4 is 0 Å². The van der Waals surface area contributed by atoms with Crippen molar-refractivity contribution in [3.05, 3.63) is 60.7 Å². The van der Waals surface area contributed by atoms with Crippen LogP contribution in [0.4, 0.5) is 0 Å². The van der Waals surface area contributed by atoms with Gasteiger partial charge >= 0.3 is 0 Å². The van der Waals surface area contributed by atoms with E-state index < -0.39 is 0 Å². The molecule has 2 heterocycles. The van der Waals surface area contributed by atoms with E-state index in [1.54, 1.807) is 6.20 Å². The third kappa shape index (κ3) is 3.51. The van der Waals surface area contributed by atoms with Crippen molar-refractivity contribution in [2.24, 2.45) is 5.92 Å². The Morgan fingerprint density at radius 2 is 2.08 bits per heavy atom. The van der Waals surface area contributed by atoms with Crippen molar-refractivity contribution in [2.45, 2.75) is 38.3 Å². The zero-order valence-corrected chi connectivity index (χ0v) is 14.3. The molecule has 25 heavy (non-hydrogen) atoms. The topological polar surface area (TPSA) is 55.9 Å². The molecule has 4 rings (SSSR count). The highest BCUT2D eigenvalue weighted by Gasteiger charge is 2.24. The number of hydrogen-bond donors (Lipinski definition) is 1. The molecule has 1 N–H and O–H groups in total. The Balaban J connectivity index is 1.59. The molecule has 2 atom stereocenters. The van der Waals surface area contributed by atoms with E-state index in [0.29, 0.717) is 18.6 Å². The van der Waals surface area contributed by atoms with Gasteiger partial charge in [-0.3, -0.25) is 4.68 Å². The number of imidazole rings is 1. The van der Waals surface area contributed by atoms with Crippen LogP contribution in [0.2, 0.25) is 0 Å². The molecular weight excluding hydrogens is 312 g/mol. The quantitative estimate of drug-likeness (QED) is 0.775. The Labute approximate surface area is 147 Å². The Hall–Kier alpha value is -2.40. The van der Waals surface area contributed by atoms with Crippen molar-refractivity contribution in [2.75, 3.05) is 6.61 Å². The van der Waals surface area contributed by atoms with Gasteiger partial charge in [0.2, 0.25) is 0 Å². The second kappa shape index (κ2) is 7.23. The molecule has 1 aromatic carbocycles. The lowest BCUT2D eigenvalue weighted by molar-refractivity contribution is 0.163. The lowest BCUT2D eigenvalue weighted by atomic mass is 9.86. The van der Waals surface area contributed by atoms with Gasteiger partial charge in [0.1, 0.15) is 5.82 Å². The largest absolute Gasteiger partial charge is 0.396 e. The summed E-state index contributed by atoms with van der Waals surface area (Å²) in [5.41, 5.74) is 2.36. The second-order valence-corrected chi connectivity index (χ2v) is 6.93. The number of aliphatic hydroxyl groups excluding tert-OH is 1. The lowest BCUT2D eigenvalue weighted by Crippen LogP contribution is -2.21. The molecule has 1 saturated carbocycles. The predicted molar refractivity (Wildman–Crippen MR) is 97.1 cm³/mol. The van der Waals surface area contributed by atoms with E-state index in [9.17, 15) is 5.11 Å². The SMILES string of the molecule is OC[C@H]1CCC[C@@H](n2ccnc2-c2cccc(Cn3cccn3)c2)C1. The van der Waals surface area contributed by atoms with Gasteiger partial charge in [0.05, 0.1) is 6.54 Å². The molecule has 1 fully saturated rings. The fourth-order valence-corrected chi connectivity index (χ4v) is 3.90. The van der Waals surface area contributed by atoms with Gasteiger partial charge in [0, 0.05) is 43.0 Å². The van der Waals surface area contributed by atoms with Crippen LogP contribution in [0.15, 0.2) is 55.1 Å². The molecule has 130 valence electrons. The minimum atomic E-state index is 0.292. The number of benzene rings is 1. The summed E-state index contributed by atoms with van der Waals surface area (Å²) in [6, 6.07) is 10.9. The summed E-state index contributed by atoms with van der Waals surface area (Å²) in [5.74, 6) is 1.44. The standard InChI is InChI=1S/C20H24N4O/c25-15-17-5-2-7-19(13-17)24-11-9-21-20(24)18-6-1-4-16(12-18)14-23-10-3-8-22-23/h1,3-4,6,8-12,17,19,25H,2,5,7,13-15H2/t17-,19+/m0/s1. The van der Waals surface area contributed by atoms with E-state index in [1.165, 1.54) is 12.0 Å². The number of hydrogen-bond acceptors (Lipinski definition) is 3. The molecular formula is C20H24N4O. The van der Waals surface area contributed by atoms with Gasteiger partial charge in [-0.1, -0.05) is 24.6 Å². The number of nitrogens with zero attached hydrogens (tertiary/aromatic N) is 4. The fourth-order valence-electron chi connectivity index (χ4n) is 3.90. The van der Waals surface area contributed by atoms with Crippen LogP contribution in [0.5, 0.6) is 0 Å². The average molecular weight is 336 g/mol. The van der Waals surface area contributed by atoms with E-state index in [0.717, 1.165) is 37.2 Å². The van der Waals surface area contributed by atoms with E-state index in [2.05, 4.69) is 45.1 Å². The van der Waals surface area contributed by atoms with Gasteiger partial charge in [-0.25, -0.2) is 4.98 Å². The van der Waals surface area contributed by atoms with E-state index in [4.69, 9.17) is 0 Å². The highest BCUT2D eigenvalue weighted by atomic mass is 16.3. The molecule has 5 nitrogen and oxygen atoms in total. The molecule has 1 aliphatic carbocycles. The summed E-state index contributed by atoms with van der Waals surface area (Å²) in [7, 11) is 0. The van der Waals surface area contributed by atoms with Gasteiger partial charge in [0.15, 0.2) is 0 Å². The Kier molecular flexibility index (Phi) is 4.65. The summed E-state index contributed by atoms with van der Waals surface area (Å²) in [6.45, 7) is 1.05. The summed E-state index contributed by atoms with van der Waals surface area (Å²) >= 11 is 0. The van der Waals surface area contributed by atoms with Crippen LogP contribution in [0.25, 0.3) is 11.4 Å². The smallest absolute Gasteiger partial charge is 0.140 e. The zero-order valence-electron chi connectivity index (χ0n) is 14.3. The lowest BCUT2D eigenvalue weighted by Gasteiger charge is -2.30. The van der Waals surface area contributed by atoms with Crippen molar-refractivity contribution in [3.8, 4) is 11.4 Å². The van der Waals surface area contributed by atoms with Crippen LogP contribution in [0.1, 0.15) is 37.3 Å². The molecule has 0 radical (unpaired) electrons. The highest BCUT2D eigenvalue weighted by Crippen LogP contribution is 2.35.